The van der Waals surface area contributed by atoms with Gasteiger partial charge in [-0.15, -0.1) is 0 Å². The molecule has 0 saturated carbocycles. The Bertz CT molecular complexity index is 394. The molecule has 2 fully saturated rings. The normalized spacial score (nSPS) is 24.8. The highest BCUT2D eigenvalue weighted by molar-refractivity contribution is 5.74. The second-order valence-electron chi connectivity index (χ2n) is 5.97. The van der Waals surface area contributed by atoms with Gasteiger partial charge in [-0.1, -0.05) is 44.5 Å². The SMILES string of the molecule is C1CC2COCC(C1)N2.CC(C)c1ccc(C=O)cc1. The van der Waals surface area contributed by atoms with Gasteiger partial charge < -0.3 is 10.1 Å². The molecule has 20 heavy (non-hydrogen) atoms. The molecule has 2 saturated heterocycles. The van der Waals surface area contributed by atoms with E-state index in [0.29, 0.717) is 18.0 Å². The van der Waals surface area contributed by atoms with Crippen molar-refractivity contribution < 1.29 is 9.53 Å². The minimum Gasteiger partial charge on any atom is -0.378 e. The molecule has 2 atom stereocenters. The minimum atomic E-state index is 0.538. The van der Waals surface area contributed by atoms with Gasteiger partial charge in [-0.3, -0.25) is 4.79 Å². The van der Waals surface area contributed by atoms with E-state index < -0.39 is 0 Å². The van der Waals surface area contributed by atoms with Gasteiger partial charge in [0.25, 0.3) is 0 Å². The van der Waals surface area contributed by atoms with Crippen LogP contribution in [0.15, 0.2) is 24.3 Å². The van der Waals surface area contributed by atoms with E-state index in [4.69, 9.17) is 4.74 Å². The Morgan fingerprint density at radius 3 is 2.20 bits per heavy atom. The predicted molar refractivity (Wildman–Crippen MR) is 81.3 cm³/mol. The standard InChI is InChI=1S/C10H12O.C7H13NO/c1-8(2)10-5-3-9(7-11)4-6-10;1-2-6-4-9-5-7(3-1)8-6/h3-8H,1-2H3;6-8H,1-5H2. The van der Waals surface area contributed by atoms with Crippen molar-refractivity contribution in [2.45, 2.75) is 51.1 Å². The first-order chi connectivity index (χ1) is 9.69. The Labute approximate surface area is 121 Å². The maximum Gasteiger partial charge on any atom is 0.150 e. The van der Waals surface area contributed by atoms with E-state index >= 15 is 0 Å². The second-order valence-corrected chi connectivity index (χ2v) is 5.97. The van der Waals surface area contributed by atoms with Crippen molar-refractivity contribution >= 4 is 6.29 Å². The van der Waals surface area contributed by atoms with E-state index in [9.17, 15) is 4.79 Å². The molecule has 2 aliphatic heterocycles. The van der Waals surface area contributed by atoms with Crippen molar-refractivity contribution in [2.75, 3.05) is 13.2 Å². The van der Waals surface area contributed by atoms with Crippen LogP contribution >= 0.6 is 0 Å². The molecule has 0 amide bonds. The topological polar surface area (TPSA) is 38.3 Å². The van der Waals surface area contributed by atoms with E-state index in [1.165, 1.54) is 24.8 Å². The summed E-state index contributed by atoms with van der Waals surface area (Å²) in [4.78, 5) is 10.3. The molecule has 1 N–H and O–H groups in total. The summed E-state index contributed by atoms with van der Waals surface area (Å²) in [5, 5.41) is 3.53. The number of ether oxygens (including phenoxy) is 1. The lowest BCUT2D eigenvalue weighted by Crippen LogP contribution is -2.51. The first kappa shape index (κ1) is 15.2. The van der Waals surface area contributed by atoms with Gasteiger partial charge in [-0.2, -0.15) is 0 Å². The van der Waals surface area contributed by atoms with E-state index in [0.717, 1.165) is 25.1 Å². The van der Waals surface area contributed by atoms with Crippen LogP contribution in [0.5, 0.6) is 0 Å². The van der Waals surface area contributed by atoms with Crippen LogP contribution in [0.4, 0.5) is 0 Å². The van der Waals surface area contributed by atoms with Gasteiger partial charge in [-0.05, 0) is 24.3 Å². The van der Waals surface area contributed by atoms with Crippen molar-refractivity contribution in [2.24, 2.45) is 0 Å². The minimum absolute atomic E-state index is 0.538. The molecule has 2 aliphatic rings. The molecule has 0 aromatic heterocycles. The summed E-state index contributed by atoms with van der Waals surface area (Å²) in [6, 6.07) is 9.04. The van der Waals surface area contributed by atoms with Crippen LogP contribution in [0, 0.1) is 0 Å². The third-order valence-electron chi connectivity index (χ3n) is 3.95. The quantitative estimate of drug-likeness (QED) is 0.843. The van der Waals surface area contributed by atoms with Crippen LogP contribution in [0.25, 0.3) is 0 Å². The molecule has 2 heterocycles. The van der Waals surface area contributed by atoms with Gasteiger partial charge in [-0.25, -0.2) is 0 Å². The molecule has 1 aromatic carbocycles. The van der Waals surface area contributed by atoms with Crippen molar-refractivity contribution in [3.05, 3.63) is 35.4 Å². The number of piperidine rings is 1. The summed E-state index contributed by atoms with van der Waals surface area (Å²) < 4.78 is 5.37. The Morgan fingerprint density at radius 2 is 1.75 bits per heavy atom. The number of benzene rings is 1. The number of hydrogen-bond donors (Lipinski definition) is 1. The number of morpholine rings is 1. The molecule has 3 nitrogen and oxygen atoms in total. The summed E-state index contributed by atoms with van der Waals surface area (Å²) in [5.74, 6) is 0.538. The summed E-state index contributed by atoms with van der Waals surface area (Å²) in [5.41, 5.74) is 2.02. The van der Waals surface area contributed by atoms with E-state index in [2.05, 4.69) is 19.2 Å². The number of carbonyl (C=O) groups excluding carboxylic acids is 1. The molecule has 1 aromatic rings. The molecule has 3 heteroatoms. The summed E-state index contributed by atoms with van der Waals surface area (Å²) in [6.07, 6.45) is 4.89. The predicted octanol–water partition coefficient (Wildman–Crippen LogP) is 3.15. The fourth-order valence-corrected chi connectivity index (χ4v) is 2.69. The number of aldehydes is 1. The monoisotopic (exact) mass is 275 g/mol. The molecule has 0 spiro atoms. The van der Waals surface area contributed by atoms with Gasteiger partial charge in [0.2, 0.25) is 0 Å². The molecular weight excluding hydrogens is 250 g/mol. The lowest BCUT2D eigenvalue weighted by molar-refractivity contribution is 0.0238. The van der Waals surface area contributed by atoms with E-state index in [-0.39, 0.29) is 0 Å². The third-order valence-corrected chi connectivity index (χ3v) is 3.95. The molecular formula is C17H25NO2. The van der Waals surface area contributed by atoms with Crippen LogP contribution in [-0.2, 0) is 4.74 Å². The number of fused-ring (bicyclic) bond motifs is 2. The lowest BCUT2D eigenvalue weighted by atomic mass is 9.98. The average Bonchev–Trinajstić information content (AvgIpc) is 2.48. The van der Waals surface area contributed by atoms with E-state index in [1.807, 2.05) is 24.3 Å². The average molecular weight is 275 g/mol. The molecule has 110 valence electrons. The summed E-state index contributed by atoms with van der Waals surface area (Å²) in [6.45, 7) is 6.15. The Kier molecular flexibility index (Phi) is 5.74. The zero-order valence-corrected chi connectivity index (χ0v) is 12.5. The van der Waals surface area contributed by atoms with Crippen molar-refractivity contribution in [3.8, 4) is 0 Å². The van der Waals surface area contributed by atoms with Crippen molar-refractivity contribution in [3.63, 3.8) is 0 Å². The number of nitrogens with one attached hydrogen (secondary N) is 1. The summed E-state index contributed by atoms with van der Waals surface area (Å²) in [7, 11) is 0. The Morgan fingerprint density at radius 1 is 1.15 bits per heavy atom. The van der Waals surface area contributed by atoms with Crippen LogP contribution in [0.2, 0.25) is 0 Å². The first-order valence-electron chi connectivity index (χ1n) is 7.58. The van der Waals surface area contributed by atoms with Gasteiger partial charge in [0.05, 0.1) is 13.2 Å². The highest BCUT2D eigenvalue weighted by Crippen LogP contribution is 2.16. The fraction of sp³-hybridized carbons (Fsp3) is 0.588. The molecule has 0 radical (unpaired) electrons. The van der Waals surface area contributed by atoms with Crippen LogP contribution in [-0.4, -0.2) is 31.6 Å². The zero-order chi connectivity index (χ0) is 14.4. The van der Waals surface area contributed by atoms with Gasteiger partial charge in [0.15, 0.2) is 0 Å². The maximum atomic E-state index is 10.3. The molecule has 2 bridgehead atoms. The maximum absolute atomic E-state index is 10.3. The molecule has 0 aliphatic carbocycles. The number of rotatable bonds is 2. The highest BCUT2D eigenvalue weighted by atomic mass is 16.5. The zero-order valence-electron chi connectivity index (χ0n) is 12.5. The number of hydrogen-bond acceptors (Lipinski definition) is 3. The van der Waals surface area contributed by atoms with Crippen molar-refractivity contribution in [1.29, 1.82) is 0 Å². The number of carbonyl (C=O) groups is 1. The first-order valence-corrected chi connectivity index (χ1v) is 7.58. The van der Waals surface area contributed by atoms with Crippen LogP contribution < -0.4 is 5.32 Å². The largest absolute Gasteiger partial charge is 0.378 e. The Balaban J connectivity index is 0.000000149. The van der Waals surface area contributed by atoms with Crippen LogP contribution in [0.3, 0.4) is 0 Å². The third kappa shape index (κ3) is 4.43. The smallest absolute Gasteiger partial charge is 0.150 e. The molecule has 2 unspecified atom stereocenters. The lowest BCUT2D eigenvalue weighted by Gasteiger charge is -2.35. The highest BCUT2D eigenvalue weighted by Gasteiger charge is 2.24. The Hall–Kier alpha value is -1.19. The van der Waals surface area contributed by atoms with Gasteiger partial charge >= 0.3 is 0 Å². The fourth-order valence-electron chi connectivity index (χ4n) is 2.69. The van der Waals surface area contributed by atoms with Gasteiger partial charge in [0.1, 0.15) is 6.29 Å². The van der Waals surface area contributed by atoms with Crippen molar-refractivity contribution in [1.82, 2.24) is 5.32 Å². The van der Waals surface area contributed by atoms with Crippen LogP contribution in [0.1, 0.15) is 54.9 Å². The molecule has 3 rings (SSSR count). The van der Waals surface area contributed by atoms with Gasteiger partial charge in [0, 0.05) is 17.6 Å². The summed E-state index contributed by atoms with van der Waals surface area (Å²) >= 11 is 0. The second kappa shape index (κ2) is 7.55. The van der Waals surface area contributed by atoms with E-state index in [1.54, 1.807) is 0 Å².